The van der Waals surface area contributed by atoms with E-state index in [0.29, 0.717) is 11.5 Å². The molecule has 6 heteroatoms. The number of methoxy groups -OCH3 is 1. The minimum Gasteiger partial charge on any atom is -0.497 e. The number of hydrogen-bond acceptors (Lipinski definition) is 4. The van der Waals surface area contributed by atoms with Crippen molar-refractivity contribution < 1.29 is 8.95 Å². The molecular formula is C22H21N3O2S. The summed E-state index contributed by atoms with van der Waals surface area (Å²) in [6.07, 6.45) is 4.59. The van der Waals surface area contributed by atoms with E-state index in [2.05, 4.69) is 4.98 Å². The third-order valence-corrected chi connectivity index (χ3v) is 6.12. The number of nitrogens with zero attached hydrogens (tertiary/aromatic N) is 3. The lowest BCUT2D eigenvalue weighted by atomic mass is 10.0. The van der Waals surface area contributed by atoms with Gasteiger partial charge in [-0.1, -0.05) is 19.1 Å². The highest BCUT2D eigenvalue weighted by Crippen LogP contribution is 2.33. The molecule has 0 saturated heterocycles. The molecule has 2 aromatic heterocycles. The third-order valence-electron chi connectivity index (χ3n) is 4.55. The minimum atomic E-state index is -0.959. The Morgan fingerprint density at radius 3 is 2.43 bits per heavy atom. The van der Waals surface area contributed by atoms with Crippen LogP contribution in [-0.2, 0) is 10.8 Å². The van der Waals surface area contributed by atoms with E-state index >= 15 is 0 Å². The number of benzene rings is 2. The number of imidazole rings is 1. The first-order valence-corrected chi connectivity index (χ1v) is 10.5. The highest BCUT2D eigenvalue weighted by atomic mass is 32.2. The SMILES string of the molecule is CCCS(=O)c1ccc(-c2c(-c3ccc(OC)cc3)nc3ncccn23)cc1. The Hall–Kier alpha value is -2.99. The molecule has 0 spiro atoms. The van der Waals surface area contributed by atoms with Gasteiger partial charge in [-0.25, -0.2) is 9.97 Å². The van der Waals surface area contributed by atoms with E-state index in [1.807, 2.05) is 72.1 Å². The van der Waals surface area contributed by atoms with Gasteiger partial charge in [-0.05, 0) is 48.9 Å². The van der Waals surface area contributed by atoms with Gasteiger partial charge in [0.05, 0.1) is 29.3 Å². The second kappa shape index (κ2) is 7.94. The van der Waals surface area contributed by atoms with Crippen LogP contribution in [0.5, 0.6) is 5.75 Å². The lowest BCUT2D eigenvalue weighted by molar-refractivity contribution is 0.415. The number of aromatic nitrogens is 3. The molecule has 0 amide bonds. The first-order chi connectivity index (χ1) is 13.7. The molecule has 4 aromatic rings. The fourth-order valence-electron chi connectivity index (χ4n) is 3.18. The van der Waals surface area contributed by atoms with Crippen LogP contribution in [-0.4, -0.2) is 31.4 Å². The van der Waals surface area contributed by atoms with Crippen molar-refractivity contribution in [1.82, 2.24) is 14.4 Å². The monoisotopic (exact) mass is 391 g/mol. The van der Waals surface area contributed by atoms with Gasteiger partial charge in [0.15, 0.2) is 0 Å². The Bertz CT molecular complexity index is 1120. The summed E-state index contributed by atoms with van der Waals surface area (Å²) in [5.74, 6) is 2.12. The normalized spacial score (nSPS) is 12.2. The fraction of sp³-hybridized carbons (Fsp3) is 0.182. The standard InChI is InChI=1S/C22H21N3O2S/c1-3-15-28(26)19-11-7-17(8-12-19)21-20(16-5-9-18(27-2)10-6-16)24-22-23-13-4-14-25(21)22/h4-14H,3,15H2,1-2H3. The molecule has 0 bridgehead atoms. The van der Waals surface area contributed by atoms with Gasteiger partial charge in [0.2, 0.25) is 5.78 Å². The second-order valence-electron chi connectivity index (χ2n) is 6.40. The molecule has 2 aromatic carbocycles. The van der Waals surface area contributed by atoms with Gasteiger partial charge in [-0.15, -0.1) is 0 Å². The molecule has 0 fully saturated rings. The number of rotatable bonds is 6. The summed E-state index contributed by atoms with van der Waals surface area (Å²) in [6, 6.07) is 17.6. The molecule has 0 aliphatic rings. The van der Waals surface area contributed by atoms with Crippen molar-refractivity contribution in [3.63, 3.8) is 0 Å². The van der Waals surface area contributed by atoms with E-state index in [4.69, 9.17) is 9.72 Å². The maximum Gasteiger partial charge on any atom is 0.234 e. The lowest BCUT2D eigenvalue weighted by Gasteiger charge is -2.08. The number of fused-ring (bicyclic) bond motifs is 1. The van der Waals surface area contributed by atoms with Gasteiger partial charge in [-0.2, -0.15) is 0 Å². The topological polar surface area (TPSA) is 56.5 Å². The molecule has 2 heterocycles. The maximum absolute atomic E-state index is 12.3. The van der Waals surface area contributed by atoms with Gasteiger partial charge >= 0.3 is 0 Å². The molecule has 0 saturated carbocycles. The van der Waals surface area contributed by atoms with Crippen LogP contribution in [0.1, 0.15) is 13.3 Å². The van der Waals surface area contributed by atoms with Crippen LogP contribution in [0, 0.1) is 0 Å². The number of hydrogen-bond donors (Lipinski definition) is 0. The highest BCUT2D eigenvalue weighted by Gasteiger charge is 2.17. The van der Waals surface area contributed by atoms with Crippen molar-refractivity contribution in [2.24, 2.45) is 0 Å². The van der Waals surface area contributed by atoms with Crippen molar-refractivity contribution in [1.29, 1.82) is 0 Å². The van der Waals surface area contributed by atoms with Gasteiger partial charge in [-0.3, -0.25) is 8.61 Å². The average molecular weight is 391 g/mol. The minimum absolute atomic E-state index is 0.641. The Morgan fingerprint density at radius 1 is 1.04 bits per heavy atom. The molecule has 28 heavy (non-hydrogen) atoms. The Labute approximate surface area is 166 Å². The zero-order valence-corrected chi connectivity index (χ0v) is 16.6. The van der Waals surface area contributed by atoms with Gasteiger partial charge in [0.1, 0.15) is 5.75 Å². The van der Waals surface area contributed by atoms with E-state index in [1.165, 1.54) is 0 Å². The van der Waals surface area contributed by atoms with E-state index in [9.17, 15) is 4.21 Å². The maximum atomic E-state index is 12.3. The third kappa shape index (κ3) is 3.43. The molecule has 4 rings (SSSR count). The Kier molecular flexibility index (Phi) is 5.21. The fourth-order valence-corrected chi connectivity index (χ4v) is 4.23. The zero-order valence-electron chi connectivity index (χ0n) is 15.8. The van der Waals surface area contributed by atoms with Crippen LogP contribution in [0.15, 0.2) is 71.9 Å². The second-order valence-corrected chi connectivity index (χ2v) is 7.97. The summed E-state index contributed by atoms with van der Waals surface area (Å²) in [5.41, 5.74) is 3.80. The summed E-state index contributed by atoms with van der Waals surface area (Å²) in [4.78, 5) is 10.00. The summed E-state index contributed by atoms with van der Waals surface area (Å²) in [6.45, 7) is 2.04. The average Bonchev–Trinajstić information content (AvgIpc) is 3.13. The van der Waals surface area contributed by atoms with Crippen molar-refractivity contribution >= 4 is 16.6 Å². The molecule has 0 aliphatic heterocycles. The molecule has 1 atom stereocenters. The van der Waals surface area contributed by atoms with Gasteiger partial charge in [0.25, 0.3) is 0 Å². The van der Waals surface area contributed by atoms with Gasteiger partial charge < -0.3 is 4.74 Å². The lowest BCUT2D eigenvalue weighted by Crippen LogP contribution is -1.97. The first-order valence-electron chi connectivity index (χ1n) is 9.17. The smallest absolute Gasteiger partial charge is 0.234 e. The predicted molar refractivity (Wildman–Crippen MR) is 112 cm³/mol. The zero-order chi connectivity index (χ0) is 19.5. The number of ether oxygens (including phenoxy) is 1. The van der Waals surface area contributed by atoms with E-state index in [0.717, 1.165) is 39.6 Å². The van der Waals surface area contributed by atoms with Crippen LogP contribution in [0.2, 0.25) is 0 Å². The predicted octanol–water partition coefficient (Wildman–Crippen LogP) is 4.59. The summed E-state index contributed by atoms with van der Waals surface area (Å²) in [5, 5.41) is 0. The van der Waals surface area contributed by atoms with Crippen LogP contribution in [0.4, 0.5) is 0 Å². The van der Waals surface area contributed by atoms with Crippen molar-refractivity contribution in [2.45, 2.75) is 18.2 Å². The van der Waals surface area contributed by atoms with Crippen LogP contribution >= 0.6 is 0 Å². The summed E-state index contributed by atoms with van der Waals surface area (Å²) < 4.78 is 19.5. The van der Waals surface area contributed by atoms with Crippen molar-refractivity contribution in [3.8, 4) is 28.3 Å². The summed E-state index contributed by atoms with van der Waals surface area (Å²) >= 11 is 0. The molecule has 5 nitrogen and oxygen atoms in total. The Morgan fingerprint density at radius 2 is 1.75 bits per heavy atom. The molecule has 142 valence electrons. The van der Waals surface area contributed by atoms with Crippen LogP contribution in [0.3, 0.4) is 0 Å². The summed E-state index contributed by atoms with van der Waals surface area (Å²) in [7, 11) is 0.693. The molecule has 1 unspecified atom stereocenters. The largest absolute Gasteiger partial charge is 0.497 e. The van der Waals surface area contributed by atoms with Crippen LogP contribution < -0.4 is 4.74 Å². The van der Waals surface area contributed by atoms with Gasteiger partial charge in [0, 0.05) is 34.2 Å². The van der Waals surface area contributed by atoms with Crippen LogP contribution in [0.25, 0.3) is 28.3 Å². The Balaban J connectivity index is 1.84. The molecule has 0 radical (unpaired) electrons. The van der Waals surface area contributed by atoms with E-state index < -0.39 is 10.8 Å². The van der Waals surface area contributed by atoms with E-state index in [-0.39, 0.29) is 0 Å². The van der Waals surface area contributed by atoms with E-state index in [1.54, 1.807) is 13.3 Å². The molecule has 0 N–H and O–H groups in total. The molecular weight excluding hydrogens is 370 g/mol. The van der Waals surface area contributed by atoms with Crippen molar-refractivity contribution in [3.05, 3.63) is 67.0 Å². The first kappa shape index (κ1) is 18.4. The van der Waals surface area contributed by atoms with Crippen molar-refractivity contribution in [2.75, 3.05) is 12.9 Å². The quantitative estimate of drug-likeness (QED) is 0.482. The highest BCUT2D eigenvalue weighted by molar-refractivity contribution is 7.85. The molecule has 0 aliphatic carbocycles.